The fourth-order valence-electron chi connectivity index (χ4n) is 4.66. The van der Waals surface area contributed by atoms with E-state index in [9.17, 15) is 14.0 Å². The molecule has 1 N–H and O–H groups in total. The standard InChI is InChI=1S/C23H25FN2O2/c1-15(27)25-14-16-2-4-18(5-3-16)23(28)26-21-10-11-22(26)13-19(12-21)17-6-8-20(24)9-7-17/h2-9,19,21-22H,10-14H2,1H3,(H,25,27)/t19-,21+,22-. The Bertz CT molecular complexity index is 849. The van der Waals surface area contributed by atoms with Crippen molar-refractivity contribution >= 4 is 11.8 Å². The van der Waals surface area contributed by atoms with Crippen LogP contribution in [0.1, 0.15) is 60.0 Å². The Hall–Kier alpha value is -2.69. The van der Waals surface area contributed by atoms with E-state index in [2.05, 4.69) is 10.2 Å². The van der Waals surface area contributed by atoms with E-state index in [-0.39, 0.29) is 29.7 Å². The Morgan fingerprint density at radius 2 is 1.61 bits per heavy atom. The van der Waals surface area contributed by atoms with Crippen molar-refractivity contribution in [1.29, 1.82) is 0 Å². The third-order valence-corrected chi connectivity index (χ3v) is 6.05. The number of amides is 2. The third kappa shape index (κ3) is 3.79. The predicted octanol–water partition coefficient (Wildman–Crippen LogP) is 4.01. The van der Waals surface area contributed by atoms with Crippen LogP contribution in [-0.2, 0) is 11.3 Å². The molecular weight excluding hydrogens is 355 g/mol. The molecule has 2 aliphatic rings. The third-order valence-electron chi connectivity index (χ3n) is 6.05. The van der Waals surface area contributed by atoms with Gasteiger partial charge in [0.25, 0.3) is 5.91 Å². The van der Waals surface area contributed by atoms with Crippen molar-refractivity contribution in [3.05, 3.63) is 71.0 Å². The molecule has 2 heterocycles. The molecule has 0 aliphatic carbocycles. The smallest absolute Gasteiger partial charge is 0.254 e. The molecule has 0 radical (unpaired) electrons. The SMILES string of the molecule is CC(=O)NCc1ccc(C(=O)N2[C@@H]3CC[C@H]2C[C@@H](c2ccc(F)cc2)C3)cc1. The zero-order chi connectivity index (χ0) is 19.7. The number of hydrogen-bond donors (Lipinski definition) is 1. The molecule has 146 valence electrons. The summed E-state index contributed by atoms with van der Waals surface area (Å²) >= 11 is 0. The van der Waals surface area contributed by atoms with Crippen LogP contribution in [0.3, 0.4) is 0 Å². The van der Waals surface area contributed by atoms with Crippen LogP contribution >= 0.6 is 0 Å². The molecular formula is C23H25FN2O2. The Morgan fingerprint density at radius 1 is 1.00 bits per heavy atom. The van der Waals surface area contributed by atoms with Crippen molar-refractivity contribution in [2.75, 3.05) is 0 Å². The monoisotopic (exact) mass is 380 g/mol. The van der Waals surface area contributed by atoms with Gasteiger partial charge in [0.15, 0.2) is 0 Å². The number of halogens is 1. The first-order valence-electron chi connectivity index (χ1n) is 9.93. The van der Waals surface area contributed by atoms with Gasteiger partial charge in [-0.1, -0.05) is 24.3 Å². The fourth-order valence-corrected chi connectivity index (χ4v) is 4.66. The number of piperidine rings is 1. The molecule has 2 aromatic rings. The second-order valence-corrected chi connectivity index (χ2v) is 7.92. The van der Waals surface area contributed by atoms with Crippen molar-refractivity contribution in [1.82, 2.24) is 10.2 Å². The lowest BCUT2D eigenvalue weighted by atomic mass is 9.85. The summed E-state index contributed by atoms with van der Waals surface area (Å²) in [5.74, 6) is 0.209. The molecule has 4 rings (SSSR count). The Labute approximate surface area is 164 Å². The number of nitrogens with one attached hydrogen (secondary N) is 1. The molecule has 2 amide bonds. The number of carbonyl (C=O) groups excluding carboxylic acids is 2. The van der Waals surface area contributed by atoms with Gasteiger partial charge in [-0.15, -0.1) is 0 Å². The van der Waals surface area contributed by atoms with E-state index in [1.54, 1.807) is 0 Å². The molecule has 0 spiro atoms. The van der Waals surface area contributed by atoms with E-state index in [4.69, 9.17) is 0 Å². The van der Waals surface area contributed by atoms with E-state index in [0.29, 0.717) is 18.0 Å². The summed E-state index contributed by atoms with van der Waals surface area (Å²) in [5, 5.41) is 2.76. The maximum atomic E-state index is 13.2. The van der Waals surface area contributed by atoms with Gasteiger partial charge in [-0.3, -0.25) is 9.59 Å². The molecule has 2 fully saturated rings. The Balaban J connectivity index is 1.44. The summed E-state index contributed by atoms with van der Waals surface area (Å²) in [6.07, 6.45) is 3.95. The lowest BCUT2D eigenvalue weighted by Gasteiger charge is -2.39. The fraction of sp³-hybridized carbons (Fsp3) is 0.391. The van der Waals surface area contributed by atoms with Gasteiger partial charge in [-0.05, 0) is 67.0 Å². The molecule has 2 aromatic carbocycles. The molecule has 0 aromatic heterocycles. The van der Waals surface area contributed by atoms with Gasteiger partial charge in [0.05, 0.1) is 0 Å². The average molecular weight is 380 g/mol. The van der Waals surface area contributed by atoms with Crippen LogP contribution in [0.2, 0.25) is 0 Å². The van der Waals surface area contributed by atoms with Gasteiger partial charge in [-0.2, -0.15) is 0 Å². The molecule has 2 aliphatic heterocycles. The molecule has 4 nitrogen and oxygen atoms in total. The van der Waals surface area contributed by atoms with E-state index >= 15 is 0 Å². The quantitative estimate of drug-likeness (QED) is 0.871. The number of carbonyl (C=O) groups is 2. The highest BCUT2D eigenvalue weighted by molar-refractivity contribution is 5.95. The first-order chi connectivity index (χ1) is 13.5. The van der Waals surface area contributed by atoms with Gasteiger partial charge in [0, 0.05) is 31.1 Å². The highest BCUT2D eigenvalue weighted by Gasteiger charge is 2.43. The summed E-state index contributed by atoms with van der Waals surface area (Å²) < 4.78 is 13.2. The number of nitrogens with zero attached hydrogens (tertiary/aromatic N) is 1. The molecule has 3 atom stereocenters. The van der Waals surface area contributed by atoms with E-state index in [0.717, 1.165) is 31.2 Å². The van der Waals surface area contributed by atoms with Crippen molar-refractivity contribution < 1.29 is 14.0 Å². The minimum Gasteiger partial charge on any atom is -0.352 e. The van der Waals surface area contributed by atoms with Gasteiger partial charge in [0.2, 0.25) is 5.91 Å². The topological polar surface area (TPSA) is 49.4 Å². The normalized spacial score (nSPS) is 23.5. The highest BCUT2D eigenvalue weighted by atomic mass is 19.1. The number of fused-ring (bicyclic) bond motifs is 2. The van der Waals surface area contributed by atoms with Crippen LogP contribution in [0.5, 0.6) is 0 Å². The summed E-state index contributed by atoms with van der Waals surface area (Å²) in [6.45, 7) is 1.96. The minimum absolute atomic E-state index is 0.0687. The molecule has 2 saturated heterocycles. The summed E-state index contributed by atoms with van der Waals surface area (Å²) in [7, 11) is 0. The Morgan fingerprint density at radius 3 is 2.18 bits per heavy atom. The van der Waals surface area contributed by atoms with Gasteiger partial charge < -0.3 is 10.2 Å². The van der Waals surface area contributed by atoms with Gasteiger partial charge in [-0.25, -0.2) is 4.39 Å². The summed E-state index contributed by atoms with van der Waals surface area (Å²) in [6, 6.07) is 14.8. The van der Waals surface area contributed by atoms with Crippen molar-refractivity contribution in [3.63, 3.8) is 0 Å². The Kier molecular flexibility index (Phi) is 5.16. The lowest BCUT2D eigenvalue weighted by Crippen LogP contribution is -2.46. The van der Waals surface area contributed by atoms with Gasteiger partial charge >= 0.3 is 0 Å². The van der Waals surface area contributed by atoms with Crippen LogP contribution in [0.15, 0.2) is 48.5 Å². The van der Waals surface area contributed by atoms with Crippen LogP contribution in [0.4, 0.5) is 4.39 Å². The maximum Gasteiger partial charge on any atom is 0.254 e. The number of hydrogen-bond acceptors (Lipinski definition) is 2. The summed E-state index contributed by atoms with van der Waals surface area (Å²) in [5.41, 5.74) is 2.85. The van der Waals surface area contributed by atoms with Crippen molar-refractivity contribution in [3.8, 4) is 0 Å². The maximum absolute atomic E-state index is 13.2. The predicted molar refractivity (Wildman–Crippen MR) is 105 cm³/mol. The molecule has 0 unspecified atom stereocenters. The number of rotatable bonds is 4. The molecule has 5 heteroatoms. The zero-order valence-corrected chi connectivity index (χ0v) is 16.0. The molecule has 28 heavy (non-hydrogen) atoms. The largest absolute Gasteiger partial charge is 0.352 e. The van der Waals surface area contributed by atoms with E-state index in [1.165, 1.54) is 24.6 Å². The average Bonchev–Trinajstić information content (AvgIpc) is 2.96. The van der Waals surface area contributed by atoms with Crippen LogP contribution < -0.4 is 5.32 Å². The number of benzene rings is 2. The van der Waals surface area contributed by atoms with Crippen LogP contribution in [0.25, 0.3) is 0 Å². The second kappa shape index (κ2) is 7.74. The first kappa shape index (κ1) is 18.7. The summed E-state index contributed by atoms with van der Waals surface area (Å²) in [4.78, 5) is 26.2. The van der Waals surface area contributed by atoms with E-state index in [1.807, 2.05) is 36.4 Å². The van der Waals surface area contributed by atoms with Gasteiger partial charge in [0.1, 0.15) is 5.82 Å². The lowest BCUT2D eigenvalue weighted by molar-refractivity contribution is -0.119. The second-order valence-electron chi connectivity index (χ2n) is 7.92. The van der Waals surface area contributed by atoms with E-state index < -0.39 is 0 Å². The molecule has 2 bridgehead atoms. The van der Waals surface area contributed by atoms with Crippen molar-refractivity contribution in [2.24, 2.45) is 0 Å². The van der Waals surface area contributed by atoms with Crippen molar-refractivity contribution in [2.45, 2.75) is 57.2 Å². The zero-order valence-electron chi connectivity index (χ0n) is 16.0. The highest BCUT2D eigenvalue weighted by Crippen LogP contribution is 2.43. The van der Waals surface area contributed by atoms with Crippen LogP contribution in [0, 0.1) is 5.82 Å². The molecule has 0 saturated carbocycles. The first-order valence-corrected chi connectivity index (χ1v) is 9.93. The minimum atomic E-state index is -0.207. The van der Waals surface area contributed by atoms with Crippen LogP contribution in [-0.4, -0.2) is 28.8 Å².